The van der Waals surface area contributed by atoms with Crippen LogP contribution in [0.4, 0.5) is 0 Å². The molecule has 0 spiro atoms. The third-order valence-electron chi connectivity index (χ3n) is 7.46. The highest BCUT2D eigenvalue weighted by molar-refractivity contribution is 5.91. The standard InChI is InChI=1S/C29H38O15/c1-2-3-4-13-5-7-15(8-6-13)41-26-18(11-30)42-28(25(38)23(26)36)40-12-19-21(34)22(35)24(37)29(43-19)44-27(39)14-9-16(31)20(33)17(32)10-14/h5-10,18-19,21-26,28-38H,2-4,11-12H2,1H3. The lowest BCUT2D eigenvalue weighted by Crippen LogP contribution is -2.62. The van der Waals surface area contributed by atoms with Crippen LogP contribution in [0.5, 0.6) is 23.0 Å². The summed E-state index contributed by atoms with van der Waals surface area (Å²) in [4.78, 5) is 12.5. The quantitative estimate of drug-likeness (QED) is 0.107. The van der Waals surface area contributed by atoms with E-state index in [1.165, 1.54) is 0 Å². The molecule has 15 heteroatoms. The van der Waals surface area contributed by atoms with Gasteiger partial charge in [0.05, 0.1) is 18.8 Å². The van der Waals surface area contributed by atoms with Crippen molar-refractivity contribution < 1.29 is 74.4 Å². The van der Waals surface area contributed by atoms with Crippen molar-refractivity contribution in [1.29, 1.82) is 0 Å². The van der Waals surface area contributed by atoms with E-state index in [0.717, 1.165) is 37.0 Å². The van der Waals surface area contributed by atoms with Gasteiger partial charge < -0.3 is 69.6 Å². The maximum Gasteiger partial charge on any atom is 0.340 e. The van der Waals surface area contributed by atoms with Gasteiger partial charge in [0.1, 0.15) is 48.5 Å². The number of aryl methyl sites for hydroxylation is 1. The minimum Gasteiger partial charge on any atom is -0.504 e. The lowest BCUT2D eigenvalue weighted by molar-refractivity contribution is -0.323. The molecule has 2 aliphatic rings. The molecule has 44 heavy (non-hydrogen) atoms. The first-order valence-electron chi connectivity index (χ1n) is 14.1. The van der Waals surface area contributed by atoms with E-state index < -0.39 is 103 Å². The SMILES string of the molecule is CCCCc1ccc(OC2C(CO)OC(OCC3OC(OC(=O)c4cc(O)c(O)c(O)c4)C(O)C(O)C3O)C(O)C2O)cc1. The maximum atomic E-state index is 12.5. The summed E-state index contributed by atoms with van der Waals surface area (Å²) in [6, 6.07) is 8.73. The van der Waals surface area contributed by atoms with Crippen LogP contribution in [0.15, 0.2) is 36.4 Å². The number of phenols is 3. The minimum atomic E-state index is -1.93. The second-order valence-electron chi connectivity index (χ2n) is 10.7. The zero-order valence-electron chi connectivity index (χ0n) is 23.7. The van der Waals surface area contributed by atoms with Crippen molar-refractivity contribution in [1.82, 2.24) is 0 Å². The molecule has 0 radical (unpaired) electrons. The highest BCUT2D eigenvalue weighted by atomic mass is 16.7. The van der Waals surface area contributed by atoms with E-state index in [1.54, 1.807) is 12.1 Å². The predicted molar refractivity (Wildman–Crippen MR) is 147 cm³/mol. The zero-order chi connectivity index (χ0) is 32.1. The van der Waals surface area contributed by atoms with E-state index in [-0.39, 0.29) is 0 Å². The molecule has 2 fully saturated rings. The Labute approximate surface area is 252 Å². The number of carbonyl (C=O) groups is 1. The monoisotopic (exact) mass is 626 g/mol. The van der Waals surface area contributed by atoms with Gasteiger partial charge in [-0.25, -0.2) is 4.79 Å². The van der Waals surface area contributed by atoms with Crippen LogP contribution in [-0.2, 0) is 25.4 Å². The van der Waals surface area contributed by atoms with Crippen molar-refractivity contribution in [3.63, 3.8) is 0 Å². The van der Waals surface area contributed by atoms with Crippen molar-refractivity contribution in [2.24, 2.45) is 0 Å². The van der Waals surface area contributed by atoms with Gasteiger partial charge in [0.2, 0.25) is 6.29 Å². The van der Waals surface area contributed by atoms with Crippen LogP contribution in [0.3, 0.4) is 0 Å². The minimum absolute atomic E-state index is 0.382. The number of benzene rings is 2. The topological polar surface area (TPSA) is 245 Å². The van der Waals surface area contributed by atoms with Crippen molar-refractivity contribution in [2.45, 2.75) is 87.6 Å². The largest absolute Gasteiger partial charge is 0.504 e. The van der Waals surface area contributed by atoms with Gasteiger partial charge in [-0.05, 0) is 42.7 Å². The van der Waals surface area contributed by atoms with E-state index in [9.17, 15) is 50.8 Å². The molecule has 4 rings (SSSR count). The Morgan fingerprint density at radius 2 is 1.43 bits per heavy atom. The molecule has 2 aliphatic heterocycles. The van der Waals surface area contributed by atoms with Crippen LogP contribution < -0.4 is 4.74 Å². The normalized spacial score (nSPS) is 32.2. The highest BCUT2D eigenvalue weighted by Crippen LogP contribution is 2.36. The van der Waals surface area contributed by atoms with Crippen LogP contribution in [0.25, 0.3) is 0 Å². The Hall–Kier alpha value is -3.25. The van der Waals surface area contributed by atoms with Crippen LogP contribution in [-0.4, -0.2) is 127 Å². The summed E-state index contributed by atoms with van der Waals surface area (Å²) in [5.74, 6) is -3.38. The molecule has 10 unspecified atom stereocenters. The van der Waals surface area contributed by atoms with E-state index in [2.05, 4.69) is 6.92 Å². The second kappa shape index (κ2) is 14.7. The Morgan fingerprint density at radius 1 is 0.818 bits per heavy atom. The second-order valence-corrected chi connectivity index (χ2v) is 10.7. The molecule has 0 saturated carbocycles. The number of aliphatic hydroxyl groups excluding tert-OH is 6. The van der Waals surface area contributed by atoms with Gasteiger partial charge >= 0.3 is 5.97 Å². The molecular formula is C29H38O15. The van der Waals surface area contributed by atoms with E-state index >= 15 is 0 Å². The highest BCUT2D eigenvalue weighted by Gasteiger charge is 2.49. The van der Waals surface area contributed by atoms with Crippen LogP contribution in [0.2, 0.25) is 0 Å². The number of esters is 1. The third kappa shape index (κ3) is 7.51. The average Bonchev–Trinajstić information content (AvgIpc) is 3.01. The van der Waals surface area contributed by atoms with Crippen molar-refractivity contribution in [3.05, 3.63) is 47.5 Å². The fraction of sp³-hybridized carbons (Fsp3) is 0.552. The first-order valence-corrected chi connectivity index (χ1v) is 14.1. The Balaban J connectivity index is 1.37. The van der Waals surface area contributed by atoms with Gasteiger partial charge in [-0.3, -0.25) is 0 Å². The van der Waals surface area contributed by atoms with Gasteiger partial charge in [-0.15, -0.1) is 0 Å². The molecule has 2 heterocycles. The van der Waals surface area contributed by atoms with Gasteiger partial charge in [-0.1, -0.05) is 25.5 Å². The molecule has 2 aromatic rings. The molecule has 0 aliphatic carbocycles. The number of aromatic hydroxyl groups is 3. The lowest BCUT2D eigenvalue weighted by atomic mass is 9.98. The van der Waals surface area contributed by atoms with Gasteiger partial charge in [0.15, 0.2) is 29.6 Å². The summed E-state index contributed by atoms with van der Waals surface area (Å²) in [5, 5.41) is 91.3. The van der Waals surface area contributed by atoms with Crippen LogP contribution in [0, 0.1) is 0 Å². The summed E-state index contributed by atoms with van der Waals surface area (Å²) in [5.41, 5.74) is 0.668. The fourth-order valence-electron chi connectivity index (χ4n) is 4.85. The lowest BCUT2D eigenvalue weighted by Gasteiger charge is -2.43. The van der Waals surface area contributed by atoms with E-state index in [1.807, 2.05) is 12.1 Å². The van der Waals surface area contributed by atoms with Crippen molar-refractivity contribution in [2.75, 3.05) is 13.2 Å². The summed E-state index contributed by atoms with van der Waals surface area (Å²) in [6.45, 7) is 0.862. The predicted octanol–water partition coefficient (Wildman–Crippen LogP) is -0.986. The first-order chi connectivity index (χ1) is 20.9. The summed E-state index contributed by atoms with van der Waals surface area (Å²) in [7, 11) is 0. The molecule has 9 N–H and O–H groups in total. The van der Waals surface area contributed by atoms with Gasteiger partial charge in [0, 0.05) is 0 Å². The zero-order valence-corrected chi connectivity index (χ0v) is 23.7. The molecule has 10 atom stereocenters. The summed E-state index contributed by atoms with van der Waals surface area (Å²) in [6.07, 6.45) is -13.1. The van der Waals surface area contributed by atoms with Crippen LogP contribution >= 0.6 is 0 Å². The van der Waals surface area contributed by atoms with Crippen molar-refractivity contribution >= 4 is 5.97 Å². The Kier molecular flexibility index (Phi) is 11.2. The molecule has 0 amide bonds. The smallest absolute Gasteiger partial charge is 0.340 e. The Bertz CT molecular complexity index is 1210. The number of hydrogen-bond acceptors (Lipinski definition) is 15. The first kappa shape index (κ1) is 33.6. The summed E-state index contributed by atoms with van der Waals surface area (Å²) >= 11 is 0. The molecule has 244 valence electrons. The number of ether oxygens (including phenoxy) is 5. The average molecular weight is 627 g/mol. The molecular weight excluding hydrogens is 588 g/mol. The number of phenolic OH excluding ortho intramolecular Hbond substituents is 3. The summed E-state index contributed by atoms with van der Waals surface area (Å²) < 4.78 is 27.4. The fourth-order valence-corrected chi connectivity index (χ4v) is 4.85. The molecule has 15 nitrogen and oxygen atoms in total. The third-order valence-corrected chi connectivity index (χ3v) is 7.46. The van der Waals surface area contributed by atoms with Gasteiger partial charge in [-0.2, -0.15) is 0 Å². The number of aliphatic hydroxyl groups is 6. The van der Waals surface area contributed by atoms with Crippen LogP contribution in [0.1, 0.15) is 35.7 Å². The van der Waals surface area contributed by atoms with Gasteiger partial charge in [0.25, 0.3) is 0 Å². The van der Waals surface area contributed by atoms with E-state index in [0.29, 0.717) is 5.75 Å². The number of carbonyl (C=O) groups excluding carboxylic acids is 1. The maximum absolute atomic E-state index is 12.5. The van der Waals surface area contributed by atoms with E-state index in [4.69, 9.17) is 23.7 Å². The number of hydrogen-bond donors (Lipinski definition) is 9. The van der Waals surface area contributed by atoms with Crippen molar-refractivity contribution in [3.8, 4) is 23.0 Å². The molecule has 2 aromatic carbocycles. The molecule has 0 bridgehead atoms. The number of unbranched alkanes of at least 4 members (excludes halogenated alkanes) is 1. The Morgan fingerprint density at radius 3 is 2.05 bits per heavy atom. The molecule has 2 saturated heterocycles. The number of rotatable bonds is 11. The molecule has 0 aromatic heterocycles.